The molecule has 1 atom stereocenters. The Balaban J connectivity index is 1.89. The predicted octanol–water partition coefficient (Wildman–Crippen LogP) is 1.46. The molecule has 5 nitrogen and oxygen atoms in total. The zero-order chi connectivity index (χ0) is 16.8. The van der Waals surface area contributed by atoms with Crippen molar-refractivity contribution in [2.24, 2.45) is 0 Å². The van der Waals surface area contributed by atoms with E-state index in [-0.39, 0.29) is 18.6 Å². The van der Waals surface area contributed by atoms with Gasteiger partial charge in [-0.25, -0.2) is 0 Å². The van der Waals surface area contributed by atoms with Gasteiger partial charge in [0, 0.05) is 38.7 Å². The standard InChI is InChI=1S/C18H28N2O3/c1-14-4-5-15(12-17(14)23-3)6-7-18(22)20-10-9-19(2)16(13-20)8-11-21/h4-5,12,16,21H,6-11,13H2,1-3H3/t16-/m0/s1. The van der Waals surface area contributed by atoms with Crippen LogP contribution in [0, 0.1) is 6.92 Å². The van der Waals surface area contributed by atoms with E-state index < -0.39 is 0 Å². The molecule has 2 rings (SSSR count). The Morgan fingerprint density at radius 1 is 1.39 bits per heavy atom. The van der Waals surface area contributed by atoms with E-state index in [0.717, 1.165) is 42.8 Å². The molecule has 1 amide bonds. The molecule has 1 N–H and O–H groups in total. The summed E-state index contributed by atoms with van der Waals surface area (Å²) in [6.45, 7) is 4.54. The highest BCUT2D eigenvalue weighted by molar-refractivity contribution is 5.76. The zero-order valence-electron chi connectivity index (χ0n) is 14.4. The largest absolute Gasteiger partial charge is 0.496 e. The summed E-state index contributed by atoms with van der Waals surface area (Å²) in [6.07, 6.45) is 1.96. The number of benzene rings is 1. The maximum absolute atomic E-state index is 12.5. The molecule has 0 radical (unpaired) electrons. The average molecular weight is 320 g/mol. The first-order chi connectivity index (χ1) is 11.0. The lowest BCUT2D eigenvalue weighted by atomic mass is 10.1. The van der Waals surface area contributed by atoms with Crippen LogP contribution in [-0.4, -0.2) is 67.3 Å². The number of methoxy groups -OCH3 is 1. The maximum atomic E-state index is 12.5. The lowest BCUT2D eigenvalue weighted by Crippen LogP contribution is -2.53. The molecule has 23 heavy (non-hydrogen) atoms. The van der Waals surface area contributed by atoms with Crippen molar-refractivity contribution in [2.75, 3.05) is 40.4 Å². The number of aliphatic hydroxyl groups is 1. The Bertz CT molecular complexity index is 533. The first-order valence-corrected chi connectivity index (χ1v) is 8.27. The molecule has 0 aromatic heterocycles. The summed E-state index contributed by atoms with van der Waals surface area (Å²) >= 11 is 0. The number of carbonyl (C=O) groups excluding carboxylic acids is 1. The SMILES string of the molecule is COc1cc(CCC(=O)N2CCN(C)[C@@H](CCO)C2)ccc1C. The van der Waals surface area contributed by atoms with Gasteiger partial charge >= 0.3 is 0 Å². The minimum atomic E-state index is 0.167. The molecular weight excluding hydrogens is 292 g/mol. The zero-order valence-corrected chi connectivity index (χ0v) is 14.4. The summed E-state index contributed by atoms with van der Waals surface area (Å²) in [5, 5.41) is 9.14. The molecule has 0 saturated carbocycles. The topological polar surface area (TPSA) is 53.0 Å². The molecule has 5 heteroatoms. The van der Waals surface area contributed by atoms with Crippen molar-refractivity contribution in [2.45, 2.75) is 32.2 Å². The van der Waals surface area contributed by atoms with Crippen molar-refractivity contribution in [3.05, 3.63) is 29.3 Å². The van der Waals surface area contributed by atoms with E-state index in [1.807, 2.05) is 24.0 Å². The van der Waals surface area contributed by atoms with Gasteiger partial charge in [-0.2, -0.15) is 0 Å². The van der Waals surface area contributed by atoms with Crippen LogP contribution in [-0.2, 0) is 11.2 Å². The van der Waals surface area contributed by atoms with Gasteiger partial charge in [-0.15, -0.1) is 0 Å². The first-order valence-electron chi connectivity index (χ1n) is 8.27. The highest BCUT2D eigenvalue weighted by Crippen LogP contribution is 2.20. The van der Waals surface area contributed by atoms with Crippen LogP contribution in [0.15, 0.2) is 18.2 Å². The molecule has 1 aliphatic heterocycles. The number of ether oxygens (including phenoxy) is 1. The molecule has 1 fully saturated rings. The number of nitrogens with zero attached hydrogens (tertiary/aromatic N) is 2. The molecule has 0 spiro atoms. The Hall–Kier alpha value is -1.59. The molecule has 1 saturated heterocycles. The normalized spacial score (nSPS) is 19.0. The van der Waals surface area contributed by atoms with Gasteiger partial charge < -0.3 is 14.7 Å². The second kappa shape index (κ2) is 8.31. The summed E-state index contributed by atoms with van der Waals surface area (Å²) in [7, 11) is 3.73. The Morgan fingerprint density at radius 2 is 2.17 bits per heavy atom. The maximum Gasteiger partial charge on any atom is 0.222 e. The highest BCUT2D eigenvalue weighted by Gasteiger charge is 2.26. The smallest absolute Gasteiger partial charge is 0.222 e. The van der Waals surface area contributed by atoms with Crippen molar-refractivity contribution in [3.8, 4) is 5.75 Å². The average Bonchev–Trinajstić information content (AvgIpc) is 2.56. The Kier molecular flexibility index (Phi) is 6.42. The molecule has 0 bridgehead atoms. The van der Waals surface area contributed by atoms with Crippen LogP contribution in [0.3, 0.4) is 0 Å². The van der Waals surface area contributed by atoms with Crippen molar-refractivity contribution in [3.63, 3.8) is 0 Å². The first kappa shape index (κ1) is 17.8. The second-order valence-corrected chi connectivity index (χ2v) is 6.29. The Labute approximate surface area is 138 Å². The van der Waals surface area contributed by atoms with Crippen molar-refractivity contribution >= 4 is 5.91 Å². The number of hydrogen-bond acceptors (Lipinski definition) is 4. The van der Waals surface area contributed by atoms with Gasteiger partial charge in [0.15, 0.2) is 0 Å². The van der Waals surface area contributed by atoms with E-state index in [1.165, 1.54) is 0 Å². The molecule has 1 aromatic carbocycles. The van der Waals surface area contributed by atoms with E-state index in [1.54, 1.807) is 7.11 Å². The van der Waals surface area contributed by atoms with Crippen LogP contribution < -0.4 is 4.74 Å². The second-order valence-electron chi connectivity index (χ2n) is 6.29. The minimum Gasteiger partial charge on any atom is -0.496 e. The fourth-order valence-electron chi connectivity index (χ4n) is 3.06. The molecule has 1 aliphatic rings. The fraction of sp³-hybridized carbons (Fsp3) is 0.611. The van der Waals surface area contributed by atoms with Gasteiger partial charge in [-0.05, 0) is 44.0 Å². The molecule has 0 aliphatic carbocycles. The van der Waals surface area contributed by atoms with Crippen LogP contribution >= 0.6 is 0 Å². The van der Waals surface area contributed by atoms with Gasteiger partial charge in [-0.1, -0.05) is 12.1 Å². The minimum absolute atomic E-state index is 0.167. The van der Waals surface area contributed by atoms with Gasteiger partial charge in [0.05, 0.1) is 7.11 Å². The lowest BCUT2D eigenvalue weighted by Gasteiger charge is -2.39. The van der Waals surface area contributed by atoms with Crippen molar-refractivity contribution in [1.82, 2.24) is 9.80 Å². The Morgan fingerprint density at radius 3 is 2.87 bits per heavy atom. The van der Waals surface area contributed by atoms with Crippen molar-refractivity contribution in [1.29, 1.82) is 0 Å². The number of aliphatic hydroxyl groups excluding tert-OH is 1. The van der Waals surface area contributed by atoms with Crippen LogP contribution in [0.25, 0.3) is 0 Å². The van der Waals surface area contributed by atoms with Crippen LogP contribution in [0.2, 0.25) is 0 Å². The predicted molar refractivity (Wildman–Crippen MR) is 90.8 cm³/mol. The lowest BCUT2D eigenvalue weighted by molar-refractivity contribution is -0.134. The number of amides is 1. The van der Waals surface area contributed by atoms with E-state index in [9.17, 15) is 4.79 Å². The van der Waals surface area contributed by atoms with Gasteiger partial charge in [0.2, 0.25) is 5.91 Å². The molecule has 1 aromatic rings. The molecule has 128 valence electrons. The number of hydrogen-bond donors (Lipinski definition) is 1. The monoisotopic (exact) mass is 320 g/mol. The number of rotatable bonds is 6. The van der Waals surface area contributed by atoms with E-state index in [2.05, 4.69) is 18.0 Å². The van der Waals surface area contributed by atoms with Gasteiger partial charge in [-0.3, -0.25) is 9.69 Å². The van der Waals surface area contributed by atoms with E-state index in [0.29, 0.717) is 13.0 Å². The third-order valence-corrected chi connectivity index (χ3v) is 4.69. The summed E-state index contributed by atoms with van der Waals surface area (Å²) < 4.78 is 5.34. The van der Waals surface area contributed by atoms with Crippen LogP contribution in [0.5, 0.6) is 5.75 Å². The summed E-state index contributed by atoms with van der Waals surface area (Å²) in [4.78, 5) is 16.6. The van der Waals surface area contributed by atoms with Crippen LogP contribution in [0.1, 0.15) is 24.0 Å². The number of carbonyl (C=O) groups is 1. The third kappa shape index (κ3) is 4.69. The number of likely N-dealkylation sites (N-methyl/N-ethyl adjacent to an activating group) is 1. The third-order valence-electron chi connectivity index (χ3n) is 4.69. The van der Waals surface area contributed by atoms with E-state index >= 15 is 0 Å². The van der Waals surface area contributed by atoms with Gasteiger partial charge in [0.25, 0.3) is 0 Å². The molecular formula is C18H28N2O3. The molecule has 1 heterocycles. The summed E-state index contributed by atoms with van der Waals surface area (Å²) in [6, 6.07) is 6.37. The molecule has 0 unspecified atom stereocenters. The quantitative estimate of drug-likeness (QED) is 0.862. The van der Waals surface area contributed by atoms with Crippen LogP contribution in [0.4, 0.5) is 0 Å². The highest BCUT2D eigenvalue weighted by atomic mass is 16.5. The van der Waals surface area contributed by atoms with E-state index in [4.69, 9.17) is 9.84 Å². The van der Waals surface area contributed by atoms with Crippen molar-refractivity contribution < 1.29 is 14.6 Å². The fourth-order valence-corrected chi connectivity index (χ4v) is 3.06. The summed E-state index contributed by atoms with van der Waals surface area (Å²) in [5.41, 5.74) is 2.23. The van der Waals surface area contributed by atoms with Gasteiger partial charge in [0.1, 0.15) is 5.75 Å². The number of aryl methyl sites for hydroxylation is 2. The summed E-state index contributed by atoms with van der Waals surface area (Å²) in [5.74, 6) is 1.07. The number of piperazine rings is 1.